The van der Waals surface area contributed by atoms with Crippen molar-refractivity contribution in [2.45, 2.75) is 171 Å². The third-order valence-corrected chi connectivity index (χ3v) is 21.1. The standard InChI is InChI=1S/C56H81N3O6/c1-12-13-31-64-48(60)39-32-40(51(39,4)5)49(61)65-45-24-25-53(8)43(52(45,6)7)23-26-55(10)44(53)21-20-38-46-37(34(2)3)22-27-56(46,29-28-54(38,55)9)50(62)59-30-14-15-42(59)47-57-33-41(58-47)35-16-18-36(63-11)19-17-35/h16-19,33,37-40,42-46H,2,12-15,20-32H2,1,3-11H3,(H,57,58)/t37-,38+,39-,40+,42?,43-,44+,45-,46+,53-,54+,55+,56-/m0/s1. The van der Waals surface area contributed by atoms with E-state index in [9.17, 15) is 9.59 Å². The number of hydrogen-bond donors (Lipinski definition) is 1. The van der Waals surface area contributed by atoms with E-state index in [0.29, 0.717) is 48.5 Å². The number of esters is 2. The molecule has 1 unspecified atom stereocenters. The Morgan fingerprint density at radius 2 is 1.57 bits per heavy atom. The van der Waals surface area contributed by atoms with Crippen LogP contribution in [0.15, 0.2) is 42.6 Å². The number of nitrogens with one attached hydrogen (secondary N) is 1. The van der Waals surface area contributed by atoms with E-state index in [1.807, 2.05) is 32.2 Å². The lowest BCUT2D eigenvalue weighted by molar-refractivity contribution is -0.251. The number of allylic oxidation sites excluding steroid dienone is 1. The summed E-state index contributed by atoms with van der Waals surface area (Å²) in [5.41, 5.74) is 2.63. The van der Waals surface area contributed by atoms with Gasteiger partial charge in [-0.3, -0.25) is 14.4 Å². The van der Waals surface area contributed by atoms with Crippen molar-refractivity contribution in [1.29, 1.82) is 0 Å². The number of fused-ring (bicyclic) bond motifs is 7. The lowest BCUT2D eigenvalue weighted by Crippen LogP contribution is -2.67. The average molecular weight is 892 g/mol. The summed E-state index contributed by atoms with van der Waals surface area (Å²) in [6, 6.07) is 8.02. The number of imidazole rings is 1. The molecular formula is C56H81N3O6. The Balaban J connectivity index is 0.927. The van der Waals surface area contributed by atoms with E-state index in [0.717, 1.165) is 106 Å². The van der Waals surface area contributed by atoms with Gasteiger partial charge in [0, 0.05) is 12.0 Å². The van der Waals surface area contributed by atoms with Crippen LogP contribution in [0.4, 0.5) is 0 Å². The predicted octanol–water partition coefficient (Wildman–Crippen LogP) is 12.3. The summed E-state index contributed by atoms with van der Waals surface area (Å²) < 4.78 is 17.6. The van der Waals surface area contributed by atoms with Crippen LogP contribution in [0.1, 0.15) is 170 Å². The molecule has 7 fully saturated rings. The van der Waals surface area contributed by atoms with Gasteiger partial charge in [0.25, 0.3) is 0 Å². The molecule has 1 aromatic carbocycles. The van der Waals surface area contributed by atoms with Gasteiger partial charge >= 0.3 is 11.9 Å². The van der Waals surface area contributed by atoms with Crippen LogP contribution < -0.4 is 4.74 Å². The Kier molecular flexibility index (Phi) is 11.8. The quantitative estimate of drug-likeness (QED) is 0.136. The summed E-state index contributed by atoms with van der Waals surface area (Å²) in [7, 11) is 1.68. The van der Waals surface area contributed by atoms with Crippen molar-refractivity contribution in [1.82, 2.24) is 14.9 Å². The molecule has 0 radical (unpaired) electrons. The highest BCUT2D eigenvalue weighted by Gasteiger charge is 2.72. The SMILES string of the molecule is C=C(C)[C@@H]1CC[C@]2(C(=O)N3CCCC3c3ncc(-c4ccc(OC)cc4)[nH]3)CC[C@]3(C)[C@H](CC[C@@H]4[C@@]5(C)CC[C@H](OC(=O)[C@H]6C[C@@H](C(=O)OCCCC)C6(C)C)C(C)(C)[C@@H]5CC[C@]43C)[C@@H]12. The molecule has 0 bridgehead atoms. The lowest BCUT2D eigenvalue weighted by atomic mass is 9.32. The Morgan fingerprint density at radius 1 is 0.831 bits per heavy atom. The van der Waals surface area contributed by atoms with Crippen molar-refractivity contribution < 1.29 is 28.6 Å². The zero-order chi connectivity index (χ0) is 46.5. The number of aromatic nitrogens is 2. The molecule has 9 rings (SSSR count). The number of aromatic amines is 1. The number of methoxy groups -OCH3 is 1. The van der Waals surface area contributed by atoms with Gasteiger partial charge in [0.2, 0.25) is 5.91 Å². The number of carbonyl (C=O) groups excluding carboxylic acids is 3. The smallest absolute Gasteiger partial charge is 0.309 e. The predicted molar refractivity (Wildman–Crippen MR) is 254 cm³/mol. The van der Waals surface area contributed by atoms with Gasteiger partial charge in [-0.15, -0.1) is 0 Å². The first-order valence-electron chi connectivity index (χ1n) is 25.8. The molecule has 6 aliphatic carbocycles. The second kappa shape index (κ2) is 16.6. The molecule has 65 heavy (non-hydrogen) atoms. The molecule has 0 spiro atoms. The molecule has 9 heteroatoms. The third kappa shape index (κ3) is 7.01. The van der Waals surface area contributed by atoms with E-state index < -0.39 is 5.41 Å². The van der Waals surface area contributed by atoms with Crippen molar-refractivity contribution >= 4 is 17.8 Å². The van der Waals surface area contributed by atoms with Gasteiger partial charge in [-0.25, -0.2) is 4.98 Å². The van der Waals surface area contributed by atoms with E-state index in [1.54, 1.807) is 7.11 Å². The summed E-state index contributed by atoms with van der Waals surface area (Å²) >= 11 is 0. The summed E-state index contributed by atoms with van der Waals surface area (Å²) in [6.07, 6.45) is 16.7. The number of ether oxygens (including phenoxy) is 3. The number of carbonyl (C=O) groups is 3. The van der Waals surface area contributed by atoms with Crippen LogP contribution in [0.5, 0.6) is 5.75 Å². The van der Waals surface area contributed by atoms with Gasteiger partial charge < -0.3 is 24.1 Å². The number of hydrogen-bond acceptors (Lipinski definition) is 7. The fourth-order valence-corrected chi connectivity index (χ4v) is 17.1. The van der Waals surface area contributed by atoms with Gasteiger partial charge in [0.1, 0.15) is 17.7 Å². The second-order valence-corrected chi connectivity index (χ2v) is 24.4. The molecule has 9 nitrogen and oxygen atoms in total. The molecule has 2 heterocycles. The Labute approximate surface area is 390 Å². The number of amides is 1. The highest BCUT2D eigenvalue weighted by Crippen LogP contribution is 2.78. The minimum absolute atomic E-state index is 0.0424. The topological polar surface area (TPSA) is 111 Å². The van der Waals surface area contributed by atoms with Gasteiger partial charge in [0.15, 0.2) is 0 Å². The maximum absolute atomic E-state index is 15.6. The van der Waals surface area contributed by atoms with Crippen LogP contribution >= 0.6 is 0 Å². The first kappa shape index (κ1) is 46.5. The molecule has 1 aliphatic heterocycles. The number of nitrogens with zero attached hydrogens (tertiary/aromatic N) is 2. The zero-order valence-electron chi connectivity index (χ0n) is 41.7. The monoisotopic (exact) mass is 892 g/mol. The zero-order valence-corrected chi connectivity index (χ0v) is 41.7. The van der Waals surface area contributed by atoms with E-state index in [-0.39, 0.29) is 63.0 Å². The van der Waals surface area contributed by atoms with Crippen molar-refractivity contribution in [2.75, 3.05) is 20.3 Å². The first-order chi connectivity index (χ1) is 30.8. The normalized spacial score (nSPS) is 40.0. The largest absolute Gasteiger partial charge is 0.497 e. The van der Waals surface area contributed by atoms with Crippen molar-refractivity contribution in [3.05, 3.63) is 48.4 Å². The fraction of sp³-hybridized carbons (Fsp3) is 0.750. The minimum atomic E-state index is -0.475. The van der Waals surface area contributed by atoms with Gasteiger partial charge in [0.05, 0.1) is 48.9 Å². The molecule has 1 amide bonds. The first-order valence-corrected chi connectivity index (χ1v) is 25.8. The molecule has 1 N–H and O–H groups in total. The minimum Gasteiger partial charge on any atom is -0.497 e. The molecule has 6 saturated carbocycles. The second-order valence-electron chi connectivity index (χ2n) is 24.4. The lowest BCUT2D eigenvalue weighted by Gasteiger charge is -2.73. The van der Waals surface area contributed by atoms with E-state index in [4.69, 9.17) is 19.2 Å². The number of benzene rings is 1. The Bertz CT molecular complexity index is 2160. The number of likely N-dealkylation sites (tertiary alicyclic amines) is 1. The molecular weight excluding hydrogens is 811 g/mol. The fourth-order valence-electron chi connectivity index (χ4n) is 17.1. The molecule has 7 aliphatic rings. The number of unbranched alkanes of at least 4 members (excludes halogenated alkanes) is 1. The van der Waals surface area contributed by atoms with Crippen LogP contribution in [0.3, 0.4) is 0 Å². The summed E-state index contributed by atoms with van der Waals surface area (Å²) in [6.45, 7) is 27.0. The summed E-state index contributed by atoms with van der Waals surface area (Å²) in [4.78, 5) is 53.4. The third-order valence-electron chi connectivity index (χ3n) is 21.1. The van der Waals surface area contributed by atoms with Crippen LogP contribution in [0, 0.1) is 73.9 Å². The van der Waals surface area contributed by atoms with Crippen LogP contribution in [0.25, 0.3) is 11.3 Å². The van der Waals surface area contributed by atoms with E-state index in [2.05, 4.69) is 77.1 Å². The Morgan fingerprint density at radius 3 is 2.26 bits per heavy atom. The van der Waals surface area contributed by atoms with Crippen LogP contribution in [0.2, 0.25) is 0 Å². The summed E-state index contributed by atoms with van der Waals surface area (Å²) in [5, 5.41) is 0. The Hall–Kier alpha value is -3.62. The van der Waals surface area contributed by atoms with Crippen molar-refractivity contribution in [3.8, 4) is 17.0 Å². The number of H-pyrrole nitrogens is 1. The maximum atomic E-state index is 15.6. The molecule has 2 aromatic rings. The molecule has 13 atom stereocenters. The molecule has 1 aromatic heterocycles. The van der Waals surface area contributed by atoms with Crippen LogP contribution in [-0.4, -0.2) is 59.1 Å². The maximum Gasteiger partial charge on any atom is 0.309 e. The van der Waals surface area contributed by atoms with Crippen molar-refractivity contribution in [2.24, 2.45) is 73.9 Å². The molecule has 356 valence electrons. The van der Waals surface area contributed by atoms with Crippen molar-refractivity contribution in [3.63, 3.8) is 0 Å². The highest BCUT2D eigenvalue weighted by atomic mass is 16.5. The average Bonchev–Trinajstić information content (AvgIpc) is 4.04. The molecule has 1 saturated heterocycles. The highest BCUT2D eigenvalue weighted by molar-refractivity contribution is 5.85. The number of rotatable bonds is 11. The van der Waals surface area contributed by atoms with Gasteiger partial charge in [-0.1, -0.05) is 74.0 Å². The van der Waals surface area contributed by atoms with E-state index in [1.165, 1.54) is 18.4 Å². The van der Waals surface area contributed by atoms with Gasteiger partial charge in [-0.2, -0.15) is 0 Å². The van der Waals surface area contributed by atoms with E-state index >= 15 is 4.79 Å². The van der Waals surface area contributed by atoms with Crippen LogP contribution in [-0.2, 0) is 23.9 Å². The summed E-state index contributed by atoms with van der Waals surface area (Å²) in [5.74, 6) is 3.36. The van der Waals surface area contributed by atoms with Gasteiger partial charge in [-0.05, 0) is 178 Å².